The normalized spacial score (nSPS) is 10.3. The van der Waals surface area contributed by atoms with Crippen LogP contribution >= 0.6 is 24.2 Å². The molecule has 0 aliphatic rings. The molecule has 1 heterocycles. The molecule has 0 atom stereocenters. The number of thioether (sulfide) groups is 1. The van der Waals surface area contributed by atoms with Gasteiger partial charge in [0, 0.05) is 19.2 Å². The van der Waals surface area contributed by atoms with Gasteiger partial charge in [0.1, 0.15) is 5.82 Å². The van der Waals surface area contributed by atoms with E-state index in [2.05, 4.69) is 41.4 Å². The van der Waals surface area contributed by atoms with Gasteiger partial charge in [-0.1, -0.05) is 41.6 Å². The van der Waals surface area contributed by atoms with Crippen molar-refractivity contribution in [1.29, 1.82) is 0 Å². The van der Waals surface area contributed by atoms with E-state index in [1.54, 1.807) is 11.8 Å². The van der Waals surface area contributed by atoms with Crippen LogP contribution in [0.5, 0.6) is 0 Å². The predicted molar refractivity (Wildman–Crippen MR) is 81.7 cm³/mol. The van der Waals surface area contributed by atoms with E-state index in [0.29, 0.717) is 6.54 Å². The Hall–Kier alpha value is -1.04. The maximum Gasteiger partial charge on any atom is 0.191 e. The second kappa shape index (κ2) is 7.53. The molecular formula is C13H19ClN4S. The van der Waals surface area contributed by atoms with Gasteiger partial charge in [-0.15, -0.1) is 22.6 Å². The molecule has 0 aliphatic carbocycles. The summed E-state index contributed by atoms with van der Waals surface area (Å²) in [4.78, 5) is 0. The van der Waals surface area contributed by atoms with E-state index < -0.39 is 0 Å². The zero-order valence-corrected chi connectivity index (χ0v) is 12.8. The van der Waals surface area contributed by atoms with Gasteiger partial charge in [0.25, 0.3) is 0 Å². The van der Waals surface area contributed by atoms with Gasteiger partial charge >= 0.3 is 0 Å². The molecule has 0 saturated carbocycles. The first-order valence-corrected chi connectivity index (χ1v) is 6.96. The third kappa shape index (κ3) is 4.23. The van der Waals surface area contributed by atoms with E-state index in [1.165, 1.54) is 11.1 Å². The molecule has 2 N–H and O–H groups in total. The molecule has 1 aromatic carbocycles. The van der Waals surface area contributed by atoms with Gasteiger partial charge in [-0.2, -0.15) is 0 Å². The first-order valence-electron chi connectivity index (χ1n) is 5.97. The summed E-state index contributed by atoms with van der Waals surface area (Å²) in [5.41, 5.74) is 8.13. The van der Waals surface area contributed by atoms with Crippen LogP contribution in [0.25, 0.3) is 0 Å². The minimum absolute atomic E-state index is 0. The van der Waals surface area contributed by atoms with Crippen LogP contribution in [0.2, 0.25) is 0 Å². The van der Waals surface area contributed by atoms with Gasteiger partial charge < -0.3 is 10.3 Å². The monoisotopic (exact) mass is 298 g/mol. The zero-order chi connectivity index (χ0) is 13.0. The Balaban J connectivity index is 0.00000180. The molecular weight excluding hydrogens is 280 g/mol. The van der Waals surface area contributed by atoms with Gasteiger partial charge in [0.15, 0.2) is 5.16 Å². The topological polar surface area (TPSA) is 56.7 Å². The number of rotatable bonds is 5. The SMILES string of the molecule is Cc1cccc(CSc2nnc(CCN)n2C)c1.Cl. The van der Waals surface area contributed by atoms with Gasteiger partial charge in [0.2, 0.25) is 0 Å². The molecule has 4 nitrogen and oxygen atoms in total. The van der Waals surface area contributed by atoms with Crippen molar-refractivity contribution in [3.8, 4) is 0 Å². The standard InChI is InChI=1S/C13H18N4S.ClH/c1-10-4-3-5-11(8-10)9-18-13-16-15-12(6-7-14)17(13)2;/h3-5,8H,6-7,9,14H2,1-2H3;1H. The molecule has 0 amide bonds. The molecule has 2 aromatic rings. The van der Waals surface area contributed by atoms with Crippen molar-refractivity contribution in [2.45, 2.75) is 24.3 Å². The van der Waals surface area contributed by atoms with Crippen LogP contribution in [0.4, 0.5) is 0 Å². The van der Waals surface area contributed by atoms with E-state index in [1.807, 2.05) is 11.6 Å². The summed E-state index contributed by atoms with van der Waals surface area (Å²) in [6, 6.07) is 8.53. The quantitative estimate of drug-likeness (QED) is 0.861. The summed E-state index contributed by atoms with van der Waals surface area (Å²) < 4.78 is 2.02. The molecule has 0 bridgehead atoms. The molecule has 6 heteroatoms. The Bertz CT molecular complexity index is 527. The highest BCUT2D eigenvalue weighted by Gasteiger charge is 2.08. The highest BCUT2D eigenvalue weighted by Crippen LogP contribution is 2.21. The van der Waals surface area contributed by atoms with Crippen LogP contribution in [-0.4, -0.2) is 21.3 Å². The van der Waals surface area contributed by atoms with Crippen LogP contribution < -0.4 is 5.73 Å². The number of hydrogen-bond acceptors (Lipinski definition) is 4. The number of aryl methyl sites for hydroxylation is 1. The van der Waals surface area contributed by atoms with E-state index in [0.717, 1.165) is 23.2 Å². The van der Waals surface area contributed by atoms with Crippen LogP contribution in [0.3, 0.4) is 0 Å². The third-order valence-corrected chi connectivity index (χ3v) is 3.83. The van der Waals surface area contributed by atoms with Crippen molar-refractivity contribution >= 4 is 24.2 Å². The number of nitrogens with zero attached hydrogens (tertiary/aromatic N) is 3. The van der Waals surface area contributed by atoms with E-state index in [-0.39, 0.29) is 12.4 Å². The Labute approximate surface area is 124 Å². The average molecular weight is 299 g/mol. The minimum Gasteiger partial charge on any atom is -0.330 e. The largest absolute Gasteiger partial charge is 0.330 e. The van der Waals surface area contributed by atoms with Crippen molar-refractivity contribution in [1.82, 2.24) is 14.8 Å². The van der Waals surface area contributed by atoms with Crippen LogP contribution in [-0.2, 0) is 19.2 Å². The second-order valence-corrected chi connectivity index (χ2v) is 5.22. The Morgan fingerprint density at radius 3 is 2.79 bits per heavy atom. The lowest BCUT2D eigenvalue weighted by molar-refractivity contribution is 0.727. The average Bonchev–Trinajstić information content (AvgIpc) is 2.69. The maximum atomic E-state index is 5.53. The Morgan fingerprint density at radius 2 is 2.11 bits per heavy atom. The lowest BCUT2D eigenvalue weighted by Gasteiger charge is -2.04. The third-order valence-electron chi connectivity index (χ3n) is 2.74. The van der Waals surface area contributed by atoms with Crippen molar-refractivity contribution in [2.75, 3.05) is 6.54 Å². The van der Waals surface area contributed by atoms with Crippen LogP contribution in [0, 0.1) is 6.92 Å². The number of aromatic nitrogens is 3. The number of nitrogens with two attached hydrogens (primary N) is 1. The molecule has 0 saturated heterocycles. The van der Waals surface area contributed by atoms with E-state index >= 15 is 0 Å². The van der Waals surface area contributed by atoms with Crippen molar-refractivity contribution < 1.29 is 0 Å². The number of benzene rings is 1. The molecule has 0 radical (unpaired) electrons. The molecule has 2 rings (SSSR count). The molecule has 0 spiro atoms. The summed E-state index contributed by atoms with van der Waals surface area (Å²) in [5.74, 6) is 1.86. The van der Waals surface area contributed by atoms with Crippen molar-refractivity contribution in [3.05, 3.63) is 41.2 Å². The smallest absolute Gasteiger partial charge is 0.191 e. The lowest BCUT2D eigenvalue weighted by Crippen LogP contribution is -2.08. The van der Waals surface area contributed by atoms with Gasteiger partial charge in [-0.3, -0.25) is 0 Å². The number of hydrogen-bond donors (Lipinski definition) is 1. The van der Waals surface area contributed by atoms with Crippen LogP contribution in [0.1, 0.15) is 17.0 Å². The summed E-state index contributed by atoms with van der Waals surface area (Å²) >= 11 is 1.70. The zero-order valence-electron chi connectivity index (χ0n) is 11.2. The van der Waals surface area contributed by atoms with Gasteiger partial charge in [0.05, 0.1) is 0 Å². The fourth-order valence-corrected chi connectivity index (χ4v) is 2.64. The molecule has 1 aromatic heterocycles. The Kier molecular flexibility index (Phi) is 6.34. The van der Waals surface area contributed by atoms with E-state index in [4.69, 9.17) is 5.73 Å². The highest BCUT2D eigenvalue weighted by molar-refractivity contribution is 7.98. The summed E-state index contributed by atoms with van der Waals surface area (Å²) in [5, 5.41) is 9.28. The fourth-order valence-electron chi connectivity index (χ4n) is 1.77. The Morgan fingerprint density at radius 1 is 1.32 bits per heavy atom. The maximum absolute atomic E-state index is 5.53. The van der Waals surface area contributed by atoms with E-state index in [9.17, 15) is 0 Å². The lowest BCUT2D eigenvalue weighted by atomic mass is 10.2. The minimum atomic E-state index is 0. The van der Waals surface area contributed by atoms with Crippen molar-refractivity contribution in [2.24, 2.45) is 12.8 Å². The molecule has 19 heavy (non-hydrogen) atoms. The molecule has 0 fully saturated rings. The molecule has 104 valence electrons. The predicted octanol–water partition coefficient (Wildman–Crippen LogP) is 2.34. The summed E-state index contributed by atoms with van der Waals surface area (Å²) in [6.45, 7) is 2.71. The van der Waals surface area contributed by atoms with Gasteiger partial charge in [-0.25, -0.2) is 0 Å². The first kappa shape index (κ1) is 16.0. The summed E-state index contributed by atoms with van der Waals surface area (Å²) in [6.07, 6.45) is 0.772. The van der Waals surface area contributed by atoms with Gasteiger partial charge in [-0.05, 0) is 19.0 Å². The van der Waals surface area contributed by atoms with Crippen LogP contribution in [0.15, 0.2) is 29.4 Å². The molecule has 0 aliphatic heterocycles. The highest BCUT2D eigenvalue weighted by atomic mass is 35.5. The second-order valence-electron chi connectivity index (χ2n) is 4.27. The summed E-state index contributed by atoms with van der Waals surface area (Å²) in [7, 11) is 1.99. The fraction of sp³-hybridized carbons (Fsp3) is 0.385. The number of halogens is 1. The molecule has 0 unspecified atom stereocenters. The first-order chi connectivity index (χ1) is 8.70. The van der Waals surface area contributed by atoms with Crippen molar-refractivity contribution in [3.63, 3.8) is 0 Å².